The third-order valence-electron chi connectivity index (χ3n) is 4.76. The predicted octanol–water partition coefficient (Wildman–Crippen LogP) is 5.29. The molecule has 9 heteroatoms. The van der Waals surface area contributed by atoms with Gasteiger partial charge in [-0.3, -0.25) is 14.8 Å². The van der Waals surface area contributed by atoms with Crippen molar-refractivity contribution in [2.24, 2.45) is 4.99 Å². The van der Waals surface area contributed by atoms with Gasteiger partial charge in [-0.15, -0.1) is 0 Å². The standard InChI is InChI=1S/C22H16F4N4O/c23-13-4-6-16-17(21(31)30-20(16)9-13)12-28-14-5-7-19(18(10-14)22(24,25)26)29-11-15-3-1-2-8-27-15/h1-10,12,17,29H,11H2,(H,30,31). The highest BCUT2D eigenvalue weighted by atomic mass is 19.4. The smallest absolute Gasteiger partial charge is 0.379 e. The van der Waals surface area contributed by atoms with Crippen LogP contribution in [0.15, 0.2) is 65.8 Å². The molecule has 1 aliphatic heterocycles. The van der Waals surface area contributed by atoms with E-state index in [0.717, 1.165) is 6.07 Å². The van der Waals surface area contributed by atoms with Crippen molar-refractivity contribution in [1.82, 2.24) is 4.98 Å². The van der Waals surface area contributed by atoms with Crippen LogP contribution in [0.5, 0.6) is 0 Å². The minimum Gasteiger partial charge on any atom is -0.379 e. The van der Waals surface area contributed by atoms with Crippen molar-refractivity contribution in [1.29, 1.82) is 0 Å². The van der Waals surface area contributed by atoms with Gasteiger partial charge in [-0.05, 0) is 48.0 Å². The maximum Gasteiger partial charge on any atom is 0.418 e. The molecule has 5 nitrogen and oxygen atoms in total. The number of hydrogen-bond donors (Lipinski definition) is 2. The number of nitrogens with one attached hydrogen (secondary N) is 2. The van der Waals surface area contributed by atoms with Crippen LogP contribution >= 0.6 is 0 Å². The molecule has 0 spiro atoms. The summed E-state index contributed by atoms with van der Waals surface area (Å²) in [6.45, 7) is 0.127. The number of hydrogen-bond acceptors (Lipinski definition) is 4. The van der Waals surface area contributed by atoms with Gasteiger partial charge in [0, 0.05) is 23.8 Å². The Morgan fingerprint density at radius 3 is 2.71 bits per heavy atom. The Bertz CT molecular complexity index is 1150. The molecule has 0 aliphatic carbocycles. The Kier molecular flexibility index (Phi) is 5.41. The number of fused-ring (bicyclic) bond motifs is 1. The first-order chi connectivity index (χ1) is 14.8. The van der Waals surface area contributed by atoms with E-state index in [1.54, 1.807) is 24.4 Å². The number of alkyl halides is 3. The topological polar surface area (TPSA) is 66.4 Å². The highest BCUT2D eigenvalue weighted by Gasteiger charge is 2.34. The molecule has 2 N–H and O–H groups in total. The van der Waals surface area contributed by atoms with E-state index in [4.69, 9.17) is 0 Å². The largest absolute Gasteiger partial charge is 0.418 e. The van der Waals surface area contributed by atoms with Crippen LogP contribution in [0.25, 0.3) is 0 Å². The average Bonchev–Trinajstić information content (AvgIpc) is 3.05. The zero-order chi connectivity index (χ0) is 22.0. The zero-order valence-electron chi connectivity index (χ0n) is 15.9. The van der Waals surface area contributed by atoms with Crippen LogP contribution in [0, 0.1) is 5.82 Å². The van der Waals surface area contributed by atoms with Gasteiger partial charge in [0.05, 0.1) is 23.5 Å². The Hall–Kier alpha value is -3.75. The fourth-order valence-electron chi connectivity index (χ4n) is 3.26. The molecule has 1 amide bonds. The molecule has 1 aromatic heterocycles. The number of amides is 1. The molecule has 0 saturated heterocycles. The van der Waals surface area contributed by atoms with E-state index in [1.807, 2.05) is 0 Å². The fourth-order valence-corrected chi connectivity index (χ4v) is 3.26. The summed E-state index contributed by atoms with van der Waals surface area (Å²) >= 11 is 0. The minimum atomic E-state index is -4.60. The van der Waals surface area contributed by atoms with Crippen molar-refractivity contribution in [3.8, 4) is 0 Å². The van der Waals surface area contributed by atoms with Gasteiger partial charge < -0.3 is 10.6 Å². The second-order valence-corrected chi connectivity index (χ2v) is 6.88. The van der Waals surface area contributed by atoms with Gasteiger partial charge in [0.1, 0.15) is 11.7 Å². The van der Waals surface area contributed by atoms with Gasteiger partial charge in [-0.25, -0.2) is 4.39 Å². The average molecular weight is 428 g/mol. The molecule has 0 radical (unpaired) electrons. The van der Waals surface area contributed by atoms with Gasteiger partial charge in [-0.1, -0.05) is 12.1 Å². The maximum atomic E-state index is 13.6. The molecule has 158 valence electrons. The Balaban J connectivity index is 1.57. The summed E-state index contributed by atoms with van der Waals surface area (Å²) in [4.78, 5) is 20.3. The van der Waals surface area contributed by atoms with E-state index >= 15 is 0 Å². The van der Waals surface area contributed by atoms with Crippen molar-refractivity contribution in [2.75, 3.05) is 10.6 Å². The van der Waals surface area contributed by atoms with Crippen molar-refractivity contribution in [2.45, 2.75) is 18.6 Å². The quantitative estimate of drug-likeness (QED) is 0.429. The summed E-state index contributed by atoms with van der Waals surface area (Å²) in [6, 6.07) is 12.6. The van der Waals surface area contributed by atoms with Gasteiger partial charge in [0.2, 0.25) is 5.91 Å². The van der Waals surface area contributed by atoms with Crippen LogP contribution < -0.4 is 10.6 Å². The lowest BCUT2D eigenvalue weighted by atomic mass is 10.0. The minimum absolute atomic E-state index is 0.0408. The van der Waals surface area contributed by atoms with Gasteiger partial charge >= 0.3 is 6.18 Å². The SMILES string of the molecule is O=C1Nc2cc(F)ccc2C1C=Nc1ccc(NCc2ccccn2)c(C(F)(F)F)c1. The lowest BCUT2D eigenvalue weighted by molar-refractivity contribution is -0.137. The molecule has 0 fully saturated rings. The molecule has 1 unspecified atom stereocenters. The van der Waals surface area contributed by atoms with Crippen LogP contribution in [0.2, 0.25) is 0 Å². The van der Waals surface area contributed by atoms with Crippen LogP contribution in [0.4, 0.5) is 34.6 Å². The van der Waals surface area contributed by atoms with E-state index in [2.05, 4.69) is 20.6 Å². The molecule has 4 rings (SSSR count). The van der Waals surface area contributed by atoms with Gasteiger partial charge in [0.15, 0.2) is 0 Å². The molecular formula is C22H16F4N4O. The Morgan fingerprint density at radius 1 is 1.13 bits per heavy atom. The third-order valence-corrected chi connectivity index (χ3v) is 4.76. The van der Waals surface area contributed by atoms with Crippen LogP contribution in [-0.2, 0) is 17.5 Å². The van der Waals surface area contributed by atoms with E-state index in [-0.39, 0.29) is 17.9 Å². The monoisotopic (exact) mass is 428 g/mol. The Morgan fingerprint density at radius 2 is 1.97 bits per heavy atom. The van der Waals surface area contributed by atoms with Crippen LogP contribution in [-0.4, -0.2) is 17.1 Å². The molecule has 0 bridgehead atoms. The molecule has 2 heterocycles. The highest BCUT2D eigenvalue weighted by molar-refractivity contribution is 6.12. The number of rotatable bonds is 5. The van der Waals surface area contributed by atoms with Crippen LogP contribution in [0.3, 0.4) is 0 Å². The third kappa shape index (κ3) is 4.55. The zero-order valence-corrected chi connectivity index (χ0v) is 15.9. The number of anilines is 2. The van der Waals surface area contributed by atoms with Crippen LogP contribution in [0.1, 0.15) is 22.7 Å². The van der Waals surface area contributed by atoms with E-state index in [9.17, 15) is 22.4 Å². The number of pyridine rings is 1. The van der Waals surface area contributed by atoms with E-state index in [0.29, 0.717) is 16.9 Å². The Labute approximate surface area is 174 Å². The number of carbonyl (C=O) groups excluding carboxylic acids is 1. The second kappa shape index (κ2) is 8.17. The number of halogens is 4. The molecule has 1 aliphatic rings. The first kappa shape index (κ1) is 20.5. The predicted molar refractivity (Wildman–Crippen MR) is 109 cm³/mol. The van der Waals surface area contributed by atoms with Crippen molar-refractivity contribution in [3.05, 3.63) is 83.4 Å². The maximum absolute atomic E-state index is 13.6. The number of aromatic nitrogens is 1. The summed E-state index contributed by atoms with van der Waals surface area (Å²) < 4.78 is 54.1. The first-order valence-corrected chi connectivity index (χ1v) is 9.31. The summed E-state index contributed by atoms with van der Waals surface area (Å²) in [5.74, 6) is -1.74. The number of nitrogens with zero attached hydrogens (tertiary/aromatic N) is 2. The normalized spacial score (nSPS) is 15.7. The highest BCUT2D eigenvalue weighted by Crippen LogP contribution is 2.38. The molecule has 3 aromatic rings. The van der Waals surface area contributed by atoms with Crippen molar-refractivity contribution < 1.29 is 22.4 Å². The molecular weight excluding hydrogens is 412 g/mol. The fraction of sp³-hybridized carbons (Fsp3) is 0.136. The number of carbonyl (C=O) groups is 1. The summed E-state index contributed by atoms with van der Waals surface area (Å²) in [5.41, 5.74) is 0.499. The molecule has 2 aromatic carbocycles. The lowest BCUT2D eigenvalue weighted by Crippen LogP contribution is -2.13. The van der Waals surface area contributed by atoms with Crippen molar-refractivity contribution in [3.63, 3.8) is 0 Å². The molecule has 31 heavy (non-hydrogen) atoms. The van der Waals surface area contributed by atoms with Gasteiger partial charge in [-0.2, -0.15) is 13.2 Å². The number of benzene rings is 2. The molecule has 0 saturated carbocycles. The first-order valence-electron chi connectivity index (χ1n) is 9.31. The summed E-state index contributed by atoms with van der Waals surface area (Å²) in [5, 5.41) is 5.29. The van der Waals surface area contributed by atoms with Crippen molar-refractivity contribution >= 4 is 29.2 Å². The summed E-state index contributed by atoms with van der Waals surface area (Å²) in [6.07, 6.45) is -1.78. The number of aliphatic imine (C=N–C) groups is 1. The lowest BCUT2D eigenvalue weighted by Gasteiger charge is -2.15. The van der Waals surface area contributed by atoms with E-state index in [1.165, 1.54) is 36.5 Å². The van der Waals surface area contributed by atoms with E-state index < -0.39 is 29.4 Å². The molecule has 1 atom stereocenters. The summed E-state index contributed by atoms with van der Waals surface area (Å²) in [7, 11) is 0. The second-order valence-electron chi connectivity index (χ2n) is 6.88. The van der Waals surface area contributed by atoms with Gasteiger partial charge in [0.25, 0.3) is 0 Å².